The Labute approximate surface area is 288 Å². The molecule has 0 saturated carbocycles. The van der Waals surface area contributed by atoms with E-state index in [1.54, 1.807) is 0 Å². The molecule has 0 radical (unpaired) electrons. The van der Waals surface area contributed by atoms with Crippen molar-refractivity contribution in [1.82, 2.24) is 0 Å². The fraction of sp³-hybridized carbons (Fsp3) is 0.189. The van der Waals surface area contributed by atoms with E-state index < -0.39 is 70.1 Å². The molecule has 5 aromatic carbocycles. The lowest BCUT2D eigenvalue weighted by molar-refractivity contribution is 0.00558. The summed E-state index contributed by atoms with van der Waals surface area (Å²) in [5.41, 5.74) is 1.19. The molecule has 12 nitrogen and oxygen atoms in total. The quantitative estimate of drug-likeness (QED) is 0.100. The first-order chi connectivity index (χ1) is 23.9. The summed E-state index contributed by atoms with van der Waals surface area (Å²) in [5.74, 6) is -4.84. The summed E-state index contributed by atoms with van der Waals surface area (Å²) in [6, 6.07) is 20.5. The molecule has 2 aliphatic heterocycles. The van der Waals surface area contributed by atoms with E-state index in [-0.39, 0.29) is 45.3 Å². The molecule has 0 spiro atoms. The lowest BCUT2D eigenvalue weighted by Gasteiger charge is -2.40. The molecule has 258 valence electrons. The molecule has 0 aliphatic carbocycles. The van der Waals surface area contributed by atoms with Gasteiger partial charge in [-0.25, -0.2) is 0 Å². The van der Waals surface area contributed by atoms with Gasteiger partial charge in [0.1, 0.15) is 46.7 Å². The van der Waals surface area contributed by atoms with E-state index in [0.29, 0.717) is 11.3 Å². The number of thioether (sulfide) groups is 1. The second-order valence-electron chi connectivity index (χ2n) is 12.2. The average Bonchev–Trinajstić information content (AvgIpc) is 3.08. The van der Waals surface area contributed by atoms with Crippen LogP contribution in [0.4, 0.5) is 0 Å². The minimum absolute atomic E-state index is 0.00566. The van der Waals surface area contributed by atoms with Gasteiger partial charge in [-0.3, -0.25) is 0 Å². The number of hydrogen-bond donors (Lipinski definition) is 10. The Bertz CT molecular complexity index is 2090. The minimum Gasteiger partial charge on any atom is -0.508 e. The summed E-state index contributed by atoms with van der Waals surface area (Å²) in [5, 5.41) is 108. The Morgan fingerprint density at radius 3 is 1.68 bits per heavy atom. The number of hydrogen-bond acceptors (Lipinski definition) is 13. The second-order valence-corrected chi connectivity index (χ2v) is 13.3. The lowest BCUT2D eigenvalue weighted by Crippen LogP contribution is -2.36. The fourth-order valence-electron chi connectivity index (χ4n) is 6.66. The van der Waals surface area contributed by atoms with E-state index in [1.165, 1.54) is 60.3 Å². The van der Waals surface area contributed by atoms with Crippen LogP contribution in [0.5, 0.6) is 57.5 Å². The average molecular weight is 701 g/mol. The Morgan fingerprint density at radius 2 is 1.08 bits per heavy atom. The van der Waals surface area contributed by atoms with E-state index in [9.17, 15) is 51.1 Å². The predicted octanol–water partition coefficient (Wildman–Crippen LogP) is 5.43. The third kappa shape index (κ3) is 5.64. The number of fused-ring (bicyclic) bond motifs is 2. The third-order valence-electron chi connectivity index (χ3n) is 9.04. The Kier molecular flexibility index (Phi) is 8.34. The van der Waals surface area contributed by atoms with Crippen molar-refractivity contribution < 1.29 is 60.5 Å². The molecule has 0 unspecified atom stereocenters. The summed E-state index contributed by atoms with van der Waals surface area (Å²) in [6.45, 7) is 0. The Morgan fingerprint density at radius 1 is 0.520 bits per heavy atom. The summed E-state index contributed by atoms with van der Waals surface area (Å²) in [4.78, 5) is 0. The van der Waals surface area contributed by atoms with Gasteiger partial charge in [0.05, 0.1) is 16.7 Å². The van der Waals surface area contributed by atoms with Crippen molar-refractivity contribution in [3.8, 4) is 57.5 Å². The van der Waals surface area contributed by atoms with Gasteiger partial charge in [0.15, 0.2) is 35.2 Å². The summed E-state index contributed by atoms with van der Waals surface area (Å²) >= 11 is 1.27. The highest BCUT2D eigenvalue weighted by Gasteiger charge is 2.47. The topological polar surface area (TPSA) is 221 Å². The van der Waals surface area contributed by atoms with Gasteiger partial charge in [0.2, 0.25) is 0 Å². The summed E-state index contributed by atoms with van der Waals surface area (Å²) in [6.07, 6.45) is -5.41. The molecule has 13 heteroatoms. The van der Waals surface area contributed by atoms with E-state index in [1.807, 2.05) is 30.3 Å². The van der Waals surface area contributed by atoms with Crippen LogP contribution in [-0.4, -0.2) is 63.3 Å². The van der Waals surface area contributed by atoms with E-state index in [4.69, 9.17) is 9.47 Å². The number of phenols is 8. The highest BCUT2D eigenvalue weighted by atomic mass is 32.2. The van der Waals surface area contributed by atoms with E-state index in [2.05, 4.69) is 0 Å². The first kappa shape index (κ1) is 32.9. The van der Waals surface area contributed by atoms with Crippen molar-refractivity contribution in [3.05, 3.63) is 118 Å². The van der Waals surface area contributed by atoms with E-state index >= 15 is 0 Å². The maximum atomic E-state index is 12.1. The lowest BCUT2D eigenvalue weighted by atomic mass is 9.77. The van der Waals surface area contributed by atoms with Crippen molar-refractivity contribution in [1.29, 1.82) is 0 Å². The molecule has 6 atom stereocenters. The van der Waals surface area contributed by atoms with Crippen molar-refractivity contribution in [2.75, 3.05) is 0 Å². The molecule has 0 aromatic heterocycles. The van der Waals surface area contributed by atoms with Gasteiger partial charge in [-0.15, -0.1) is 11.8 Å². The van der Waals surface area contributed by atoms with Crippen LogP contribution in [0, 0.1) is 0 Å². The molecule has 10 N–H and O–H groups in total. The van der Waals surface area contributed by atoms with Crippen molar-refractivity contribution in [3.63, 3.8) is 0 Å². The zero-order chi connectivity index (χ0) is 35.4. The monoisotopic (exact) mass is 700 g/mol. The number of rotatable bonds is 6. The van der Waals surface area contributed by atoms with Crippen molar-refractivity contribution in [2.45, 2.75) is 41.3 Å². The number of benzene rings is 5. The maximum absolute atomic E-state index is 12.1. The summed E-state index contributed by atoms with van der Waals surface area (Å²) < 4.78 is 12.2. The largest absolute Gasteiger partial charge is 0.508 e. The molecular weight excluding hydrogens is 668 g/mol. The van der Waals surface area contributed by atoms with Crippen LogP contribution in [0.3, 0.4) is 0 Å². The molecule has 2 heterocycles. The highest BCUT2D eigenvalue weighted by Crippen LogP contribution is 2.59. The fourth-order valence-corrected chi connectivity index (χ4v) is 7.96. The van der Waals surface area contributed by atoms with Gasteiger partial charge < -0.3 is 60.5 Å². The van der Waals surface area contributed by atoms with Gasteiger partial charge in [0.25, 0.3) is 0 Å². The predicted molar refractivity (Wildman–Crippen MR) is 180 cm³/mol. The third-order valence-corrected chi connectivity index (χ3v) is 10.4. The van der Waals surface area contributed by atoms with Crippen LogP contribution in [0.15, 0.2) is 84.9 Å². The zero-order valence-corrected chi connectivity index (χ0v) is 26.8. The first-order valence-electron chi connectivity index (χ1n) is 15.5. The molecule has 5 aromatic rings. The number of ether oxygens (including phenoxy) is 2. The second kappa shape index (κ2) is 12.7. The molecule has 50 heavy (non-hydrogen) atoms. The first-order valence-corrected chi connectivity index (χ1v) is 16.5. The van der Waals surface area contributed by atoms with Gasteiger partial charge in [-0.2, -0.15) is 0 Å². The molecule has 2 aliphatic rings. The SMILES string of the molecule is Oc1cc(O)c2c(c1)O[C@H](c1ccc(O)c(O)c1)[C@H](O)[C@H]2c1c(O)cc2c(c1O)[C@H](SCc1ccccc1)[C@@H](O)[C@@H](c1ccc(O)c(O)c1)O2. The van der Waals surface area contributed by atoms with Gasteiger partial charge >= 0.3 is 0 Å². The molecule has 0 fully saturated rings. The van der Waals surface area contributed by atoms with Crippen LogP contribution in [0.25, 0.3) is 0 Å². The maximum Gasteiger partial charge on any atom is 0.157 e. The minimum atomic E-state index is -1.64. The number of phenolic OH excluding ortho intramolecular Hbond substituents is 8. The van der Waals surface area contributed by atoms with Crippen LogP contribution < -0.4 is 9.47 Å². The smallest absolute Gasteiger partial charge is 0.157 e. The Hall–Kier alpha value is -5.63. The molecule has 0 saturated heterocycles. The van der Waals surface area contributed by atoms with Crippen molar-refractivity contribution in [2.24, 2.45) is 0 Å². The number of aliphatic hydroxyl groups excluding tert-OH is 2. The zero-order valence-electron chi connectivity index (χ0n) is 26.0. The van der Waals surface area contributed by atoms with Gasteiger partial charge in [-0.05, 0) is 41.0 Å². The molecule has 7 rings (SSSR count). The normalized spacial score (nSPS) is 22.5. The standard InChI is InChI=1S/C37H32O12S/c38-19-12-24(43)28-26(13-19)48-35(17-6-8-20(39)22(41)10-17)33(46)31(28)29-25(44)14-27-30(32(29)45)37(50-15-16-4-2-1-3-5-16)34(47)36(49-27)18-7-9-21(40)23(42)11-18/h1-14,31,33-47H,15H2/t31-,33-,34+,35-,36-,37+/m1/s1. The highest BCUT2D eigenvalue weighted by molar-refractivity contribution is 7.98. The molecule has 0 bridgehead atoms. The Balaban J connectivity index is 1.39. The summed E-state index contributed by atoms with van der Waals surface area (Å²) in [7, 11) is 0. The number of aliphatic hydroxyl groups is 2. The van der Waals surface area contributed by atoms with Crippen LogP contribution in [-0.2, 0) is 5.75 Å². The van der Waals surface area contributed by atoms with E-state index in [0.717, 1.165) is 11.6 Å². The van der Waals surface area contributed by atoms with Crippen LogP contribution in [0.2, 0.25) is 0 Å². The van der Waals surface area contributed by atoms with Crippen LogP contribution in [0.1, 0.15) is 56.8 Å². The van der Waals surface area contributed by atoms with Crippen molar-refractivity contribution >= 4 is 11.8 Å². The van der Waals surface area contributed by atoms with Crippen LogP contribution >= 0.6 is 11.8 Å². The van der Waals surface area contributed by atoms with Gasteiger partial charge in [0, 0.05) is 35.1 Å². The number of aromatic hydroxyl groups is 8. The molecule has 0 amide bonds. The van der Waals surface area contributed by atoms with Gasteiger partial charge in [-0.1, -0.05) is 42.5 Å². The molecular formula is C37H32O12S.